The zero-order valence-corrected chi connectivity index (χ0v) is 20.6. The van der Waals surface area contributed by atoms with Crippen LogP contribution in [0.1, 0.15) is 36.2 Å². The van der Waals surface area contributed by atoms with Gasteiger partial charge in [-0.05, 0) is 0 Å². The van der Waals surface area contributed by atoms with Crippen molar-refractivity contribution in [3.05, 3.63) is 76.4 Å². The van der Waals surface area contributed by atoms with Crippen molar-refractivity contribution >= 4 is 17.9 Å². The van der Waals surface area contributed by atoms with Crippen LogP contribution >= 0.6 is 0 Å². The molecule has 26 heavy (non-hydrogen) atoms. The summed E-state index contributed by atoms with van der Waals surface area (Å²) < 4.78 is 4.05. The van der Waals surface area contributed by atoms with Gasteiger partial charge in [0.05, 0.1) is 0 Å². The third kappa shape index (κ3) is 4.78. The number of nitrogens with one attached hydrogen (secondary N) is 1. The van der Waals surface area contributed by atoms with Crippen LogP contribution in [-0.4, -0.2) is 11.8 Å². The Bertz CT molecular complexity index is 790. The van der Waals surface area contributed by atoms with Crippen LogP contribution in [0.5, 0.6) is 0 Å². The van der Waals surface area contributed by atoms with E-state index in [2.05, 4.69) is 52.8 Å². The van der Waals surface area contributed by atoms with Crippen molar-refractivity contribution < 1.29 is 50.8 Å². The number of hydrogen-bond donors (Lipinski definition) is 1. The molecule has 2 aromatic rings. The minimum atomic E-state index is -2.09. The zero-order valence-electron chi connectivity index (χ0n) is 15.5. The van der Waals surface area contributed by atoms with E-state index in [1.54, 1.807) is 0 Å². The van der Waals surface area contributed by atoms with E-state index in [1.165, 1.54) is 11.1 Å². The average molecular weight is 485 g/mol. The van der Waals surface area contributed by atoms with Crippen molar-refractivity contribution in [2.45, 2.75) is 30.6 Å². The van der Waals surface area contributed by atoms with Gasteiger partial charge < -0.3 is 24.8 Å². The fraction of sp³-hybridized carbons (Fsp3) is 0.250. The Morgan fingerprint density at radius 2 is 1.62 bits per heavy atom. The molecular weight excluding hydrogens is 460 g/mol. The molecule has 0 radical (unpaired) electrons. The normalized spacial score (nSPS) is 14.3. The molecule has 2 nitrogen and oxygen atoms in total. The van der Waals surface area contributed by atoms with Crippen LogP contribution in [0.15, 0.2) is 48.5 Å². The Kier molecular flexibility index (Phi) is 9.02. The first-order valence-electron chi connectivity index (χ1n) is 8.50. The van der Waals surface area contributed by atoms with Gasteiger partial charge in [-0.25, -0.2) is 0 Å². The molecule has 6 heteroatoms. The molecule has 0 aromatic heterocycles. The summed E-state index contributed by atoms with van der Waals surface area (Å²) in [5.41, 5.74) is 5.78. The Hall–Kier alpha value is -0.670. The summed E-state index contributed by atoms with van der Waals surface area (Å²) in [6, 6.07) is 14.7. The minimum absolute atomic E-state index is 0. The zero-order chi connectivity index (χ0) is 17.3. The maximum atomic E-state index is 13.0. The Labute approximate surface area is 177 Å². The molecular formula is C20H24Cl2NOSiZr. The summed E-state index contributed by atoms with van der Waals surface area (Å²) in [5, 5.41) is 0. The second-order valence-electron chi connectivity index (χ2n) is 6.80. The second kappa shape index (κ2) is 10.0. The first-order valence-corrected chi connectivity index (χ1v) is 18.3. The van der Waals surface area contributed by atoms with Crippen LogP contribution < -0.4 is 28.1 Å². The molecule has 1 unspecified atom stereocenters. The Morgan fingerprint density at radius 1 is 1.00 bits per heavy atom. The molecule has 0 fully saturated rings. The van der Waals surface area contributed by atoms with E-state index >= 15 is 0 Å². The van der Waals surface area contributed by atoms with Crippen LogP contribution in [-0.2, 0) is 21.2 Å². The van der Waals surface area contributed by atoms with Crippen molar-refractivity contribution in [1.29, 1.82) is 0 Å². The Morgan fingerprint density at radius 3 is 2.23 bits per heavy atom. The number of carbonyl (C=O) groups excluding carboxylic acids is 1. The molecule has 1 aliphatic rings. The van der Waals surface area contributed by atoms with Gasteiger partial charge in [-0.15, -0.1) is 0 Å². The van der Waals surface area contributed by atoms with Crippen LogP contribution in [0.2, 0.25) is 13.1 Å². The molecule has 1 aliphatic carbocycles. The van der Waals surface area contributed by atoms with Crippen LogP contribution in [0.3, 0.4) is 0 Å². The monoisotopic (exact) mass is 482 g/mol. The summed E-state index contributed by atoms with van der Waals surface area (Å²) in [7, 11) is 0. The summed E-state index contributed by atoms with van der Waals surface area (Å²) in [5.74, 6) is -0.743. The summed E-state index contributed by atoms with van der Waals surface area (Å²) in [4.78, 5) is 13.0. The third-order valence-electron chi connectivity index (χ3n) is 4.72. The molecule has 137 valence electrons. The number of rotatable bonds is 4. The molecule has 0 aliphatic heterocycles. The van der Waals surface area contributed by atoms with Gasteiger partial charge in [-0.2, -0.15) is 0 Å². The smallest absolute Gasteiger partial charge is 1.00 e. The van der Waals surface area contributed by atoms with E-state index in [-0.39, 0.29) is 30.7 Å². The summed E-state index contributed by atoms with van der Waals surface area (Å²) in [6.07, 6.45) is 4.58. The largest absolute Gasteiger partial charge is 1.00 e. The average Bonchev–Trinajstić information content (AvgIpc) is 2.96. The number of carbonyl (C=O) groups is 1. The van der Waals surface area contributed by atoms with Crippen LogP contribution in [0.4, 0.5) is 0 Å². The van der Waals surface area contributed by atoms with Crippen molar-refractivity contribution in [2.24, 2.45) is 0 Å². The number of fused-ring (bicyclic) bond motifs is 1. The molecule has 1 N–H and O–H groups in total. The van der Waals surface area contributed by atoms with E-state index in [0.29, 0.717) is 3.63 Å². The molecule has 0 heterocycles. The van der Waals surface area contributed by atoms with Crippen molar-refractivity contribution in [3.63, 3.8) is 0 Å². The Balaban J connectivity index is 0.00000169. The van der Waals surface area contributed by atoms with Crippen molar-refractivity contribution in [2.75, 3.05) is 0 Å². The summed E-state index contributed by atoms with van der Waals surface area (Å²) >= 11 is -2.09. The fourth-order valence-corrected chi connectivity index (χ4v) is 17.9. The van der Waals surface area contributed by atoms with Crippen LogP contribution in [0.25, 0.3) is 6.08 Å². The number of amides is 1. The number of benzene rings is 2. The second-order valence-corrected chi connectivity index (χ2v) is 25.7. The molecule has 1 amide bonds. The van der Waals surface area contributed by atoms with E-state index in [4.69, 9.17) is 0 Å². The van der Waals surface area contributed by atoms with Crippen molar-refractivity contribution in [3.8, 4) is 0 Å². The predicted molar refractivity (Wildman–Crippen MR) is 100 cm³/mol. The van der Waals surface area contributed by atoms with Gasteiger partial charge in [0.25, 0.3) is 0 Å². The molecule has 0 saturated heterocycles. The summed E-state index contributed by atoms with van der Waals surface area (Å²) in [6.45, 7) is 8.86. The molecule has 0 bridgehead atoms. The number of hydrogen-bond acceptors (Lipinski definition) is 1. The van der Waals surface area contributed by atoms with E-state index in [1.807, 2.05) is 32.0 Å². The van der Waals surface area contributed by atoms with Gasteiger partial charge in [0.15, 0.2) is 0 Å². The quantitative estimate of drug-likeness (QED) is 0.517. The van der Waals surface area contributed by atoms with E-state index < -0.39 is 27.1 Å². The van der Waals surface area contributed by atoms with Gasteiger partial charge in [0.2, 0.25) is 0 Å². The topological polar surface area (TPSA) is 29.1 Å². The first kappa shape index (κ1) is 23.4. The first-order chi connectivity index (χ1) is 11.5. The molecule has 3 rings (SSSR count). The van der Waals surface area contributed by atoms with Gasteiger partial charge in [-0.3, -0.25) is 0 Å². The number of aryl methyl sites for hydroxylation is 2. The third-order valence-corrected chi connectivity index (χ3v) is 22.3. The van der Waals surface area contributed by atoms with Gasteiger partial charge in [-0.1, -0.05) is 0 Å². The van der Waals surface area contributed by atoms with Gasteiger partial charge in [0.1, 0.15) is 0 Å². The standard InChI is InChI=1S/C9H11NO.C9H7.C2H7Si.2ClH.Zr/c1-6-4-3-5-7(2)8(6)9(10)11;1-2-5-9-7-3-6-8(9)4-1;1-3-2;;;/h3-5H,1-2H3,(H2,10,11);1-7H;3H,1-2H3;2*1H;/q;;;;;+3/p-3. The molecule has 0 saturated carbocycles. The maximum absolute atomic E-state index is 13.0. The van der Waals surface area contributed by atoms with E-state index in [9.17, 15) is 4.79 Å². The van der Waals surface area contributed by atoms with Crippen LogP contribution in [0, 0.1) is 13.8 Å². The predicted octanol–water partition coefficient (Wildman–Crippen LogP) is -1.67. The molecule has 2 aromatic carbocycles. The van der Waals surface area contributed by atoms with Crippen molar-refractivity contribution in [1.82, 2.24) is 3.26 Å². The number of allylic oxidation sites excluding steroid dienone is 1. The number of halogens is 2. The molecule has 1 atom stereocenters. The van der Waals surface area contributed by atoms with Gasteiger partial charge >= 0.3 is 154 Å². The fourth-order valence-electron chi connectivity index (χ4n) is 3.47. The molecule has 0 spiro atoms. The SMILES string of the molecule is Cc1cccc(C)c1C(=O)[NH][Zr+2]([CH]1C=Cc2ccccc21)[SiH](C)C.[Cl-].[Cl-]. The maximum Gasteiger partial charge on any atom is -1.00 e. The van der Waals surface area contributed by atoms with E-state index in [0.717, 1.165) is 16.7 Å². The minimum Gasteiger partial charge on any atom is -1.00 e. The van der Waals surface area contributed by atoms with Gasteiger partial charge in [0, 0.05) is 0 Å².